The van der Waals surface area contributed by atoms with E-state index in [1.54, 1.807) is 36.4 Å². The summed E-state index contributed by atoms with van der Waals surface area (Å²) in [5, 5.41) is 5.61. The van der Waals surface area contributed by atoms with Crippen molar-refractivity contribution >= 4 is 17.5 Å². The summed E-state index contributed by atoms with van der Waals surface area (Å²) >= 11 is 0. The van der Waals surface area contributed by atoms with Gasteiger partial charge in [0.25, 0.3) is 11.8 Å². The molecule has 1 saturated heterocycles. The lowest BCUT2D eigenvalue weighted by Crippen LogP contribution is -2.28. The van der Waals surface area contributed by atoms with Crippen LogP contribution in [0.15, 0.2) is 48.5 Å². The zero-order chi connectivity index (χ0) is 18.4. The summed E-state index contributed by atoms with van der Waals surface area (Å²) < 4.78 is 18.2. The first-order valence-electron chi connectivity index (χ1n) is 8.67. The minimum atomic E-state index is -0.414. The van der Waals surface area contributed by atoms with Crippen molar-refractivity contribution in [1.29, 1.82) is 0 Å². The summed E-state index contributed by atoms with van der Waals surface area (Å²) in [6.45, 7) is 1.05. The highest BCUT2D eigenvalue weighted by Crippen LogP contribution is 2.16. The molecular formula is C20H21FN2O3. The maximum absolute atomic E-state index is 12.9. The number of nitrogens with one attached hydrogen (secondary N) is 2. The predicted octanol–water partition coefficient (Wildman–Crippen LogP) is 2.92. The van der Waals surface area contributed by atoms with Gasteiger partial charge in [-0.1, -0.05) is 18.2 Å². The lowest BCUT2D eigenvalue weighted by molar-refractivity contribution is -0.124. The van der Waals surface area contributed by atoms with E-state index in [-0.39, 0.29) is 17.6 Å². The van der Waals surface area contributed by atoms with E-state index in [9.17, 15) is 14.0 Å². The molecule has 3 rings (SSSR count). The number of halogens is 1. The van der Waals surface area contributed by atoms with Crippen molar-refractivity contribution in [2.75, 3.05) is 18.5 Å². The number of carbonyl (C=O) groups excluding carboxylic acids is 2. The first kappa shape index (κ1) is 18.1. The van der Waals surface area contributed by atoms with Gasteiger partial charge < -0.3 is 15.4 Å². The molecule has 0 bridgehead atoms. The number of amides is 2. The van der Waals surface area contributed by atoms with Gasteiger partial charge in [-0.05, 0) is 55.2 Å². The van der Waals surface area contributed by atoms with Crippen LogP contribution in [0.1, 0.15) is 28.8 Å². The van der Waals surface area contributed by atoms with Crippen molar-refractivity contribution in [2.24, 2.45) is 0 Å². The Morgan fingerprint density at radius 1 is 1.15 bits per heavy atom. The van der Waals surface area contributed by atoms with Gasteiger partial charge in [0.15, 0.2) is 0 Å². The summed E-state index contributed by atoms with van der Waals surface area (Å²) in [5.41, 5.74) is 1.98. The molecule has 1 aliphatic heterocycles. The van der Waals surface area contributed by atoms with Crippen molar-refractivity contribution in [3.8, 4) is 0 Å². The molecule has 1 fully saturated rings. The van der Waals surface area contributed by atoms with Gasteiger partial charge in [-0.2, -0.15) is 0 Å². The molecule has 136 valence electrons. The Bertz CT molecular complexity index is 771. The van der Waals surface area contributed by atoms with Crippen molar-refractivity contribution in [2.45, 2.75) is 25.4 Å². The van der Waals surface area contributed by atoms with Crippen LogP contribution in [0.3, 0.4) is 0 Å². The molecule has 2 N–H and O–H groups in total. The minimum Gasteiger partial charge on any atom is -0.368 e. The molecule has 5 nitrogen and oxygen atoms in total. The second-order valence-electron chi connectivity index (χ2n) is 6.20. The average Bonchev–Trinajstić information content (AvgIpc) is 3.18. The van der Waals surface area contributed by atoms with Gasteiger partial charge in [0.1, 0.15) is 11.9 Å². The van der Waals surface area contributed by atoms with Crippen LogP contribution >= 0.6 is 0 Å². The Hall–Kier alpha value is -2.73. The second kappa shape index (κ2) is 8.58. The van der Waals surface area contributed by atoms with Crippen LogP contribution in [0.25, 0.3) is 0 Å². The summed E-state index contributed by atoms with van der Waals surface area (Å²) in [5.74, 6) is -0.684. The fraction of sp³-hybridized carbons (Fsp3) is 0.300. The maximum atomic E-state index is 12.9. The normalized spacial score (nSPS) is 16.3. The van der Waals surface area contributed by atoms with Crippen LogP contribution in [-0.4, -0.2) is 31.1 Å². The molecule has 1 aliphatic rings. The highest BCUT2D eigenvalue weighted by Gasteiger charge is 2.23. The molecule has 1 unspecified atom stereocenters. The number of rotatable bonds is 6. The van der Waals surface area contributed by atoms with E-state index in [1.807, 2.05) is 0 Å². The molecule has 0 aliphatic carbocycles. The molecule has 0 aromatic heterocycles. The summed E-state index contributed by atoms with van der Waals surface area (Å²) in [6, 6.07) is 13.0. The number of benzene rings is 2. The summed E-state index contributed by atoms with van der Waals surface area (Å²) in [7, 11) is 0. The monoisotopic (exact) mass is 356 g/mol. The predicted molar refractivity (Wildman–Crippen MR) is 96.5 cm³/mol. The van der Waals surface area contributed by atoms with Crippen LogP contribution in [0, 0.1) is 5.82 Å². The number of carbonyl (C=O) groups is 2. The number of hydrogen-bond acceptors (Lipinski definition) is 3. The van der Waals surface area contributed by atoms with Gasteiger partial charge in [0.2, 0.25) is 0 Å². The smallest absolute Gasteiger partial charge is 0.253 e. The average molecular weight is 356 g/mol. The van der Waals surface area contributed by atoms with E-state index in [4.69, 9.17) is 4.74 Å². The van der Waals surface area contributed by atoms with Gasteiger partial charge in [0.05, 0.1) is 0 Å². The molecule has 0 radical (unpaired) electrons. The SMILES string of the molecule is O=C(NCCc1ccc(F)cc1)c1cccc(NC(=O)C2CCCO2)c1. The first-order valence-corrected chi connectivity index (χ1v) is 8.67. The van der Waals surface area contributed by atoms with E-state index in [0.29, 0.717) is 30.8 Å². The van der Waals surface area contributed by atoms with Gasteiger partial charge >= 0.3 is 0 Å². The fourth-order valence-corrected chi connectivity index (χ4v) is 2.82. The van der Waals surface area contributed by atoms with Crippen LogP contribution < -0.4 is 10.6 Å². The quantitative estimate of drug-likeness (QED) is 0.836. The number of ether oxygens (including phenoxy) is 1. The number of hydrogen-bond donors (Lipinski definition) is 2. The zero-order valence-electron chi connectivity index (χ0n) is 14.3. The second-order valence-corrected chi connectivity index (χ2v) is 6.20. The van der Waals surface area contributed by atoms with E-state index >= 15 is 0 Å². The van der Waals surface area contributed by atoms with Gasteiger partial charge in [0, 0.05) is 24.4 Å². The zero-order valence-corrected chi connectivity index (χ0v) is 14.3. The molecule has 1 atom stereocenters. The summed E-state index contributed by atoms with van der Waals surface area (Å²) in [4.78, 5) is 24.4. The lowest BCUT2D eigenvalue weighted by Gasteiger charge is -2.11. The Labute approximate surface area is 151 Å². The van der Waals surface area contributed by atoms with Crippen molar-refractivity contribution < 1.29 is 18.7 Å². The Morgan fingerprint density at radius 2 is 1.96 bits per heavy atom. The van der Waals surface area contributed by atoms with Gasteiger partial charge in [-0.15, -0.1) is 0 Å². The van der Waals surface area contributed by atoms with Crippen molar-refractivity contribution in [3.05, 3.63) is 65.5 Å². The highest BCUT2D eigenvalue weighted by molar-refractivity contribution is 5.98. The van der Waals surface area contributed by atoms with Crippen molar-refractivity contribution in [1.82, 2.24) is 5.32 Å². The first-order chi connectivity index (χ1) is 12.6. The lowest BCUT2D eigenvalue weighted by atomic mass is 10.1. The molecule has 1 heterocycles. The van der Waals surface area contributed by atoms with Crippen LogP contribution in [0.2, 0.25) is 0 Å². The molecule has 0 spiro atoms. The van der Waals surface area contributed by atoms with Crippen LogP contribution in [-0.2, 0) is 16.0 Å². The Kier molecular flexibility index (Phi) is 5.96. The van der Waals surface area contributed by atoms with Crippen LogP contribution in [0.5, 0.6) is 0 Å². The van der Waals surface area contributed by atoms with Crippen molar-refractivity contribution in [3.63, 3.8) is 0 Å². The van der Waals surface area contributed by atoms with Gasteiger partial charge in [-0.3, -0.25) is 9.59 Å². The molecule has 2 aromatic rings. The van der Waals surface area contributed by atoms with E-state index in [1.165, 1.54) is 12.1 Å². The largest absolute Gasteiger partial charge is 0.368 e. The third kappa shape index (κ3) is 4.89. The third-order valence-electron chi connectivity index (χ3n) is 4.23. The van der Waals surface area contributed by atoms with Crippen LogP contribution in [0.4, 0.5) is 10.1 Å². The molecule has 6 heteroatoms. The Morgan fingerprint density at radius 3 is 2.69 bits per heavy atom. The molecule has 2 amide bonds. The fourth-order valence-electron chi connectivity index (χ4n) is 2.82. The molecule has 26 heavy (non-hydrogen) atoms. The third-order valence-corrected chi connectivity index (χ3v) is 4.23. The van der Waals surface area contributed by atoms with Gasteiger partial charge in [-0.25, -0.2) is 4.39 Å². The van der Waals surface area contributed by atoms with E-state index in [0.717, 1.165) is 18.4 Å². The van der Waals surface area contributed by atoms with E-state index < -0.39 is 6.10 Å². The minimum absolute atomic E-state index is 0.184. The van der Waals surface area contributed by atoms with E-state index in [2.05, 4.69) is 10.6 Å². The highest BCUT2D eigenvalue weighted by atomic mass is 19.1. The standard InChI is InChI=1S/C20H21FN2O3/c21-16-8-6-14(7-9-16)10-11-22-19(24)15-3-1-4-17(13-15)23-20(25)18-5-2-12-26-18/h1,3-4,6-9,13,18H,2,5,10-12H2,(H,22,24)(H,23,25). The molecular weight excluding hydrogens is 335 g/mol. The molecule has 0 saturated carbocycles. The Balaban J connectivity index is 1.52. The molecule has 2 aromatic carbocycles. The maximum Gasteiger partial charge on any atom is 0.253 e. The number of anilines is 1. The topological polar surface area (TPSA) is 67.4 Å². The summed E-state index contributed by atoms with van der Waals surface area (Å²) in [6.07, 6.45) is 1.80.